The third-order valence-electron chi connectivity index (χ3n) is 8.06. The Morgan fingerprint density at radius 1 is 0.833 bits per heavy atom. The highest BCUT2D eigenvalue weighted by molar-refractivity contribution is 6.08. The van der Waals surface area contributed by atoms with Crippen LogP contribution in [0.3, 0.4) is 0 Å². The molecule has 48 heavy (non-hydrogen) atoms. The van der Waals surface area contributed by atoms with Crippen LogP contribution in [0.15, 0.2) is 66.7 Å². The molecule has 12 heteroatoms. The number of piperazine rings is 1. The second-order valence-electron chi connectivity index (χ2n) is 11.7. The molecule has 3 amide bonds. The Bertz CT molecular complexity index is 1470. The first kappa shape index (κ1) is 40.3. The van der Waals surface area contributed by atoms with E-state index in [1.807, 2.05) is 36.1 Å². The highest BCUT2D eigenvalue weighted by atomic mass is 35.5. The summed E-state index contributed by atoms with van der Waals surface area (Å²) in [5, 5.41) is 2.88. The Hall–Kier alpha value is -3.83. The summed E-state index contributed by atoms with van der Waals surface area (Å²) in [4.78, 5) is 44.7. The predicted molar refractivity (Wildman–Crippen MR) is 196 cm³/mol. The average molecular weight is 703 g/mol. The number of hydrogen-bond acceptors (Lipinski definition) is 7. The van der Waals surface area contributed by atoms with Crippen molar-refractivity contribution in [1.29, 1.82) is 0 Å². The van der Waals surface area contributed by atoms with Gasteiger partial charge in [0.25, 0.3) is 11.8 Å². The Labute approximate surface area is 296 Å². The van der Waals surface area contributed by atoms with Crippen molar-refractivity contribution in [3.8, 4) is 11.5 Å². The molecule has 0 spiro atoms. The molecule has 1 fully saturated rings. The summed E-state index contributed by atoms with van der Waals surface area (Å²) in [7, 11) is 3.81. The molecule has 0 aromatic heterocycles. The van der Waals surface area contributed by atoms with E-state index in [0.29, 0.717) is 66.6 Å². The zero-order valence-corrected chi connectivity index (χ0v) is 29.7. The fourth-order valence-electron chi connectivity index (χ4n) is 5.21. The van der Waals surface area contributed by atoms with E-state index in [9.17, 15) is 14.4 Å². The lowest BCUT2D eigenvalue weighted by atomic mass is 10.1. The third kappa shape index (κ3) is 11.7. The Kier molecular flexibility index (Phi) is 17.2. The minimum Gasteiger partial charge on any atom is -0.493 e. The number of nitrogens with two attached hydrogens (primary N) is 1. The Balaban J connectivity index is 0.00000400. The van der Waals surface area contributed by atoms with Crippen LogP contribution in [-0.2, 0) is 4.79 Å². The van der Waals surface area contributed by atoms with Crippen LogP contribution < -0.4 is 25.4 Å². The van der Waals surface area contributed by atoms with Crippen LogP contribution in [0.25, 0.3) is 0 Å². The molecule has 4 rings (SSSR count). The van der Waals surface area contributed by atoms with Gasteiger partial charge in [-0.2, -0.15) is 0 Å². The van der Waals surface area contributed by atoms with Crippen molar-refractivity contribution in [2.45, 2.75) is 39.0 Å². The van der Waals surface area contributed by atoms with Gasteiger partial charge in [0.2, 0.25) is 5.91 Å². The van der Waals surface area contributed by atoms with Gasteiger partial charge in [-0.1, -0.05) is 18.2 Å². The van der Waals surface area contributed by atoms with Gasteiger partial charge in [-0.05, 0) is 100 Å². The summed E-state index contributed by atoms with van der Waals surface area (Å²) in [6.07, 6.45) is 3.80. The van der Waals surface area contributed by atoms with Crippen molar-refractivity contribution in [2.75, 3.05) is 70.2 Å². The number of hydrogen-bond donors (Lipinski definition) is 2. The highest BCUT2D eigenvalue weighted by Gasteiger charge is 2.20. The van der Waals surface area contributed by atoms with Crippen LogP contribution >= 0.6 is 24.8 Å². The van der Waals surface area contributed by atoms with Crippen LogP contribution in [0.2, 0.25) is 0 Å². The van der Waals surface area contributed by atoms with Crippen LogP contribution in [0, 0.1) is 6.92 Å². The molecule has 0 saturated carbocycles. The van der Waals surface area contributed by atoms with Gasteiger partial charge in [-0.3, -0.25) is 14.4 Å². The van der Waals surface area contributed by atoms with E-state index in [4.69, 9.17) is 15.2 Å². The average Bonchev–Trinajstić information content (AvgIpc) is 3.06. The molecule has 3 aromatic carbocycles. The zero-order chi connectivity index (χ0) is 32.9. The van der Waals surface area contributed by atoms with E-state index in [0.717, 1.165) is 51.0 Å². The summed E-state index contributed by atoms with van der Waals surface area (Å²) >= 11 is 0. The molecule has 0 radical (unpaired) electrons. The number of nitrogens with one attached hydrogen (secondary N) is 1. The molecule has 1 aliphatic rings. The molecule has 0 unspecified atom stereocenters. The lowest BCUT2D eigenvalue weighted by Crippen LogP contribution is -2.47. The van der Waals surface area contributed by atoms with Gasteiger partial charge in [0.1, 0.15) is 11.5 Å². The van der Waals surface area contributed by atoms with Crippen molar-refractivity contribution in [3.63, 3.8) is 0 Å². The quantitative estimate of drug-likeness (QED) is 0.192. The second-order valence-corrected chi connectivity index (χ2v) is 11.7. The standard InChI is InChI=1S/C36H47N5O5.2ClH/c1-27-13-18-31(33(26-27)46-24-8-4-5-12-34(42)41-22-20-39(2)21-23-41)40(3)36(44)28-14-16-29(17-15-28)38-35(43)30-10-6-7-11-32(30)45-25-9-19-37;;/h6-7,10-11,13-18,26H,4-5,8-9,12,19-25,37H2,1-3H3,(H,38,43);2*1H. The fraction of sp³-hybridized carbons (Fsp3) is 0.417. The van der Waals surface area contributed by atoms with Gasteiger partial charge >= 0.3 is 0 Å². The van der Waals surface area contributed by atoms with Gasteiger partial charge in [0.15, 0.2) is 0 Å². The SMILES string of the molecule is Cc1ccc(N(C)C(=O)c2ccc(NC(=O)c3ccccc3OCCCN)cc2)c(OCCCCCC(=O)N2CCN(C)CC2)c1.Cl.Cl. The Morgan fingerprint density at radius 3 is 2.21 bits per heavy atom. The number of likely N-dealkylation sites (N-methyl/N-ethyl adjacent to an activating group) is 1. The molecule has 3 aromatic rings. The van der Waals surface area contributed by atoms with E-state index >= 15 is 0 Å². The molecule has 0 aliphatic carbocycles. The number of nitrogens with zero attached hydrogens (tertiary/aromatic N) is 3. The summed E-state index contributed by atoms with van der Waals surface area (Å²) < 4.78 is 11.9. The summed E-state index contributed by atoms with van der Waals surface area (Å²) in [6, 6.07) is 19.6. The minimum absolute atomic E-state index is 0. The zero-order valence-electron chi connectivity index (χ0n) is 28.1. The number of benzene rings is 3. The normalized spacial score (nSPS) is 12.7. The monoisotopic (exact) mass is 701 g/mol. The maximum atomic E-state index is 13.5. The number of carbonyl (C=O) groups is 3. The van der Waals surface area contributed by atoms with E-state index in [-0.39, 0.29) is 42.5 Å². The number of para-hydroxylation sites is 1. The number of aryl methyl sites for hydroxylation is 1. The van der Waals surface area contributed by atoms with E-state index in [1.54, 1.807) is 54.4 Å². The summed E-state index contributed by atoms with van der Waals surface area (Å²) in [6.45, 7) is 6.90. The van der Waals surface area contributed by atoms with Gasteiger partial charge < -0.3 is 35.2 Å². The molecule has 0 atom stereocenters. The number of amides is 3. The van der Waals surface area contributed by atoms with Crippen molar-refractivity contribution in [2.24, 2.45) is 5.73 Å². The number of halogens is 2. The van der Waals surface area contributed by atoms with E-state index < -0.39 is 0 Å². The molecule has 1 saturated heterocycles. The van der Waals surface area contributed by atoms with E-state index in [2.05, 4.69) is 17.3 Å². The molecule has 0 bridgehead atoms. The van der Waals surface area contributed by atoms with Crippen LogP contribution in [0.5, 0.6) is 11.5 Å². The minimum atomic E-state index is -0.303. The second kappa shape index (κ2) is 20.5. The third-order valence-corrected chi connectivity index (χ3v) is 8.06. The fourth-order valence-corrected chi connectivity index (χ4v) is 5.21. The molecular formula is C36H49Cl2N5O5. The van der Waals surface area contributed by atoms with Gasteiger partial charge in [0.05, 0.1) is 24.5 Å². The van der Waals surface area contributed by atoms with Crippen molar-refractivity contribution in [1.82, 2.24) is 9.80 Å². The predicted octanol–water partition coefficient (Wildman–Crippen LogP) is 5.81. The molecule has 1 heterocycles. The van der Waals surface area contributed by atoms with Crippen molar-refractivity contribution < 1.29 is 23.9 Å². The van der Waals surface area contributed by atoms with Gasteiger partial charge in [-0.15, -0.1) is 24.8 Å². The van der Waals surface area contributed by atoms with Crippen LogP contribution in [-0.4, -0.2) is 87.6 Å². The van der Waals surface area contributed by atoms with Crippen molar-refractivity contribution in [3.05, 3.63) is 83.4 Å². The van der Waals surface area contributed by atoms with Crippen molar-refractivity contribution >= 4 is 53.9 Å². The molecular weight excluding hydrogens is 653 g/mol. The van der Waals surface area contributed by atoms with Crippen LogP contribution in [0.1, 0.15) is 58.4 Å². The summed E-state index contributed by atoms with van der Waals surface area (Å²) in [5.74, 6) is 0.865. The molecule has 10 nitrogen and oxygen atoms in total. The molecule has 1 aliphatic heterocycles. The summed E-state index contributed by atoms with van der Waals surface area (Å²) in [5.41, 5.74) is 8.71. The van der Waals surface area contributed by atoms with Crippen LogP contribution in [0.4, 0.5) is 11.4 Å². The number of rotatable bonds is 15. The largest absolute Gasteiger partial charge is 0.493 e. The number of unbranched alkanes of at least 4 members (excludes halogenated alkanes) is 2. The first-order valence-corrected chi connectivity index (χ1v) is 16.1. The first-order valence-electron chi connectivity index (χ1n) is 16.1. The number of anilines is 2. The van der Waals surface area contributed by atoms with Gasteiger partial charge in [0, 0.05) is 50.9 Å². The van der Waals surface area contributed by atoms with E-state index in [1.165, 1.54) is 0 Å². The smallest absolute Gasteiger partial charge is 0.259 e. The topological polar surface area (TPSA) is 117 Å². The molecule has 3 N–H and O–H groups in total. The maximum Gasteiger partial charge on any atom is 0.259 e. The number of carbonyl (C=O) groups excluding carboxylic acids is 3. The van der Waals surface area contributed by atoms with Gasteiger partial charge in [-0.25, -0.2) is 0 Å². The highest BCUT2D eigenvalue weighted by Crippen LogP contribution is 2.30. The number of ether oxygens (including phenoxy) is 2. The Morgan fingerprint density at radius 2 is 1.50 bits per heavy atom. The maximum absolute atomic E-state index is 13.5. The first-order chi connectivity index (χ1) is 22.3. The lowest BCUT2D eigenvalue weighted by Gasteiger charge is -2.32. The lowest BCUT2D eigenvalue weighted by molar-refractivity contribution is -0.132. The molecule has 262 valence electrons.